The molecule has 1 aromatic rings. The first-order chi connectivity index (χ1) is 16.7. The largest absolute Gasteiger partial charge is 0.439 e. The van der Waals surface area contributed by atoms with E-state index < -0.39 is 35.8 Å². The van der Waals surface area contributed by atoms with Gasteiger partial charge >= 0.3 is 6.09 Å². The molecule has 0 spiro atoms. The Labute approximate surface area is 206 Å². The minimum atomic E-state index is -1.08. The summed E-state index contributed by atoms with van der Waals surface area (Å²) in [6.07, 6.45) is 1.18. The van der Waals surface area contributed by atoms with Crippen LogP contribution in [0.2, 0.25) is 0 Å². The zero-order chi connectivity index (χ0) is 25.8. The molecule has 0 aromatic heterocycles. The fourth-order valence-corrected chi connectivity index (χ4v) is 3.26. The molecule has 0 aliphatic heterocycles. The summed E-state index contributed by atoms with van der Waals surface area (Å²) in [6, 6.07) is 7.03. The van der Waals surface area contributed by atoms with E-state index in [4.69, 9.17) is 9.62 Å². The number of carbonyl (C=O) groups excluding carboxylic acids is 4. The van der Waals surface area contributed by atoms with Crippen LogP contribution in [0.25, 0.3) is 0 Å². The zero-order valence-electron chi connectivity index (χ0n) is 20.9. The van der Waals surface area contributed by atoms with Crippen molar-refractivity contribution in [2.24, 2.45) is 5.92 Å². The van der Waals surface area contributed by atoms with Crippen LogP contribution in [0.1, 0.15) is 52.5 Å². The van der Waals surface area contributed by atoms with E-state index in [0.29, 0.717) is 0 Å². The van der Waals surface area contributed by atoms with Gasteiger partial charge in [-0.3, -0.25) is 19.3 Å². The van der Waals surface area contributed by atoms with E-state index in [1.807, 2.05) is 58.0 Å². The van der Waals surface area contributed by atoms with Gasteiger partial charge in [0.2, 0.25) is 11.7 Å². The summed E-state index contributed by atoms with van der Waals surface area (Å²) in [5.74, 6) is -1.99. The van der Waals surface area contributed by atoms with Crippen molar-refractivity contribution in [3.63, 3.8) is 0 Å². The van der Waals surface area contributed by atoms with E-state index in [9.17, 15) is 19.2 Å². The Kier molecular flexibility index (Phi) is 11.6. The fraction of sp³-hybridized carbons (Fsp3) is 0.600. The molecule has 10 heteroatoms. The molecule has 0 bridgehead atoms. The van der Waals surface area contributed by atoms with E-state index in [1.165, 1.54) is 0 Å². The van der Waals surface area contributed by atoms with Gasteiger partial charge in [0.15, 0.2) is 0 Å². The van der Waals surface area contributed by atoms with E-state index in [1.54, 1.807) is 0 Å². The van der Waals surface area contributed by atoms with Crippen LogP contribution in [0.15, 0.2) is 30.3 Å². The highest BCUT2D eigenvalue weighted by molar-refractivity contribution is 6.38. The third kappa shape index (κ3) is 11.3. The normalized spacial score (nSPS) is 14.8. The molecule has 1 aliphatic carbocycles. The van der Waals surface area contributed by atoms with Gasteiger partial charge in [0.05, 0.1) is 12.7 Å². The van der Waals surface area contributed by atoms with E-state index in [2.05, 4.69) is 20.8 Å². The number of benzene rings is 1. The highest BCUT2D eigenvalue weighted by Gasteiger charge is 2.33. The average molecular weight is 492 g/mol. The van der Waals surface area contributed by atoms with Crippen molar-refractivity contribution in [2.45, 2.75) is 77.6 Å². The summed E-state index contributed by atoms with van der Waals surface area (Å²) < 4.78 is 5.29. The van der Waals surface area contributed by atoms with Crippen LogP contribution in [0, 0.1) is 5.92 Å². The van der Waals surface area contributed by atoms with Crippen molar-refractivity contribution < 1.29 is 33.7 Å². The Bertz CT molecular complexity index is 841. The average Bonchev–Trinajstić information content (AvgIpc) is 3.61. The first-order valence-corrected chi connectivity index (χ1v) is 12.1. The third-order valence-corrected chi connectivity index (χ3v) is 5.12. The van der Waals surface area contributed by atoms with Gasteiger partial charge in [-0.25, -0.2) is 4.79 Å². The molecule has 3 N–H and O–H groups in total. The number of nitrogens with one attached hydrogen (secondary N) is 3. The van der Waals surface area contributed by atoms with Gasteiger partial charge in [-0.1, -0.05) is 44.2 Å². The molecule has 1 aromatic carbocycles. The van der Waals surface area contributed by atoms with E-state index in [-0.39, 0.29) is 44.1 Å². The molecule has 0 saturated heterocycles. The second-order valence-corrected chi connectivity index (χ2v) is 9.30. The molecule has 3 amide bonds. The number of ketones is 1. The minimum absolute atomic E-state index is 0.00981. The summed E-state index contributed by atoms with van der Waals surface area (Å²) in [4.78, 5) is 60.1. The van der Waals surface area contributed by atoms with Crippen molar-refractivity contribution in [3.8, 4) is 0 Å². The van der Waals surface area contributed by atoms with Crippen molar-refractivity contribution in [3.05, 3.63) is 35.9 Å². The lowest BCUT2D eigenvalue weighted by Crippen LogP contribution is -2.55. The lowest BCUT2D eigenvalue weighted by Gasteiger charge is -2.23. The summed E-state index contributed by atoms with van der Waals surface area (Å²) >= 11 is 0. The van der Waals surface area contributed by atoms with Crippen LogP contribution in [0.5, 0.6) is 0 Å². The first-order valence-electron chi connectivity index (χ1n) is 12.1. The number of hydrogen-bond acceptors (Lipinski definition) is 7. The number of rotatable bonds is 15. The smallest absolute Gasteiger partial charge is 0.376 e. The number of amides is 3. The van der Waals surface area contributed by atoms with Crippen LogP contribution in [-0.4, -0.2) is 61.1 Å². The highest BCUT2D eigenvalue weighted by atomic mass is 17.2. The maximum absolute atomic E-state index is 13.1. The van der Waals surface area contributed by atoms with Crippen LogP contribution in [-0.2, 0) is 35.3 Å². The fourth-order valence-electron chi connectivity index (χ4n) is 3.26. The van der Waals surface area contributed by atoms with Crippen molar-refractivity contribution in [1.82, 2.24) is 16.0 Å². The molecule has 2 atom stereocenters. The molecule has 0 radical (unpaired) electrons. The zero-order valence-corrected chi connectivity index (χ0v) is 20.9. The molecule has 1 saturated carbocycles. The Hall–Kier alpha value is -2.98. The van der Waals surface area contributed by atoms with Gasteiger partial charge in [0.25, 0.3) is 5.91 Å². The second-order valence-electron chi connectivity index (χ2n) is 9.30. The Morgan fingerprint density at radius 3 is 2.23 bits per heavy atom. The molecule has 2 rings (SSSR count). The van der Waals surface area contributed by atoms with Gasteiger partial charge < -0.3 is 20.7 Å². The predicted molar refractivity (Wildman–Crippen MR) is 128 cm³/mol. The van der Waals surface area contributed by atoms with Gasteiger partial charge in [0, 0.05) is 12.5 Å². The number of Topliss-reactive ketones (excluding diaryl/α,β-unsaturated/α-hetero) is 1. The Balaban J connectivity index is 2.01. The maximum Gasteiger partial charge on any atom is 0.439 e. The summed E-state index contributed by atoms with van der Waals surface area (Å²) in [5, 5.41) is 7.81. The molecule has 194 valence electrons. The van der Waals surface area contributed by atoms with Crippen molar-refractivity contribution in [2.75, 3.05) is 13.2 Å². The minimum Gasteiger partial charge on any atom is -0.376 e. The molecule has 0 heterocycles. The molecule has 1 fully saturated rings. The van der Waals surface area contributed by atoms with Gasteiger partial charge in [-0.15, -0.1) is 0 Å². The molecule has 10 nitrogen and oxygen atoms in total. The Morgan fingerprint density at radius 2 is 1.63 bits per heavy atom. The summed E-state index contributed by atoms with van der Waals surface area (Å²) in [7, 11) is 0. The Morgan fingerprint density at radius 1 is 0.943 bits per heavy atom. The van der Waals surface area contributed by atoms with Crippen LogP contribution >= 0.6 is 0 Å². The van der Waals surface area contributed by atoms with Crippen molar-refractivity contribution >= 4 is 23.7 Å². The molecule has 0 unspecified atom stereocenters. The second kappa shape index (κ2) is 14.4. The lowest BCUT2D eigenvalue weighted by atomic mass is 9.99. The van der Waals surface area contributed by atoms with Crippen LogP contribution in [0.3, 0.4) is 0 Å². The predicted octanol–water partition coefficient (Wildman–Crippen LogP) is 2.06. The SMILES string of the molecule is CC(C)C[C@H](NC(=O)OOCCOC(C)C)C(=O)N[C@@H](Cc1ccccc1)C(=O)C(=O)NC1CC1. The standard InChI is InChI=1S/C25H37N3O7/c1-16(2)14-21(28-25(32)35-34-13-12-33-17(3)4)23(30)27-20(15-18-8-6-5-7-9-18)22(29)24(31)26-19-10-11-19/h5-9,16-17,19-21H,10-15H2,1-4H3,(H,26,31)(H,27,30)(H,28,32)/t20-,21-/m0/s1. The summed E-state index contributed by atoms with van der Waals surface area (Å²) in [6.45, 7) is 7.80. The number of carbonyl (C=O) groups is 4. The van der Waals surface area contributed by atoms with Crippen molar-refractivity contribution in [1.29, 1.82) is 0 Å². The van der Waals surface area contributed by atoms with Gasteiger partial charge in [0.1, 0.15) is 18.7 Å². The van der Waals surface area contributed by atoms with E-state index in [0.717, 1.165) is 18.4 Å². The summed E-state index contributed by atoms with van der Waals surface area (Å²) in [5.41, 5.74) is 0.787. The van der Waals surface area contributed by atoms with Gasteiger partial charge in [-0.2, -0.15) is 4.89 Å². The quantitative estimate of drug-likeness (QED) is 0.148. The monoisotopic (exact) mass is 491 g/mol. The van der Waals surface area contributed by atoms with Gasteiger partial charge in [-0.05, 0) is 44.6 Å². The van der Waals surface area contributed by atoms with Crippen LogP contribution in [0.4, 0.5) is 4.79 Å². The first kappa shape index (κ1) is 28.3. The van der Waals surface area contributed by atoms with Crippen LogP contribution < -0.4 is 16.0 Å². The van der Waals surface area contributed by atoms with E-state index >= 15 is 0 Å². The third-order valence-electron chi connectivity index (χ3n) is 5.12. The molecule has 35 heavy (non-hydrogen) atoms. The molecule has 1 aliphatic rings. The topological polar surface area (TPSA) is 132 Å². The number of ether oxygens (including phenoxy) is 1. The molecular weight excluding hydrogens is 454 g/mol. The highest BCUT2D eigenvalue weighted by Crippen LogP contribution is 2.18. The lowest BCUT2D eigenvalue weighted by molar-refractivity contribution is -0.246. The molecular formula is C25H37N3O7. The number of hydrogen-bond donors (Lipinski definition) is 3. The maximum atomic E-state index is 13.1.